The van der Waals surface area contributed by atoms with Gasteiger partial charge in [0.1, 0.15) is 0 Å². The Bertz CT molecular complexity index is 3150. The third-order valence-electron chi connectivity index (χ3n) is 11.2. The summed E-state index contributed by atoms with van der Waals surface area (Å²) < 4.78 is 0. The van der Waals surface area contributed by atoms with Gasteiger partial charge in [0.05, 0.1) is 16.9 Å². The van der Waals surface area contributed by atoms with Gasteiger partial charge in [0, 0.05) is 17.5 Å². The molecule has 11 rings (SSSR count). The van der Waals surface area contributed by atoms with E-state index in [1.54, 1.807) is 0 Å². The lowest BCUT2D eigenvalue weighted by Gasteiger charge is -2.19. The molecule has 0 unspecified atom stereocenters. The number of fused-ring (bicyclic) bond motifs is 7. The van der Waals surface area contributed by atoms with E-state index in [-0.39, 0.29) is 0 Å². The van der Waals surface area contributed by atoms with Crippen molar-refractivity contribution in [1.29, 1.82) is 0 Å². The normalized spacial score (nSPS) is 12.4. The lowest BCUT2D eigenvalue weighted by Crippen LogP contribution is -2.05. The predicted octanol–water partition coefficient (Wildman–Crippen LogP) is 14.0. The van der Waals surface area contributed by atoms with E-state index in [0.29, 0.717) is 0 Å². The van der Waals surface area contributed by atoms with E-state index in [9.17, 15) is 0 Å². The molecule has 0 radical (unpaired) electrons. The largest absolute Gasteiger partial charge is 0.379 e. The number of aromatic nitrogens is 1. The van der Waals surface area contributed by atoms with Gasteiger partial charge >= 0.3 is 0 Å². The summed E-state index contributed by atoms with van der Waals surface area (Å²) in [5.41, 5.74) is 12.7. The van der Waals surface area contributed by atoms with Gasteiger partial charge in [0.25, 0.3) is 0 Å². The van der Waals surface area contributed by atoms with Crippen LogP contribution in [0, 0.1) is 0 Å². The highest BCUT2D eigenvalue weighted by molar-refractivity contribution is 6.22. The van der Waals surface area contributed by atoms with Crippen molar-refractivity contribution in [2.45, 2.75) is 0 Å². The van der Waals surface area contributed by atoms with E-state index in [2.05, 4.69) is 193 Å². The fraction of sp³-hybridized carbons (Fsp3) is 0.0192. The zero-order valence-corrected chi connectivity index (χ0v) is 29.6. The first-order valence-electron chi connectivity index (χ1n) is 18.7. The van der Waals surface area contributed by atoms with Crippen LogP contribution in [0.3, 0.4) is 0 Å². The van der Waals surface area contributed by atoms with Crippen molar-refractivity contribution in [3.63, 3.8) is 0 Å². The summed E-state index contributed by atoms with van der Waals surface area (Å²) in [4.78, 5) is 5.16. The molecule has 252 valence electrons. The Morgan fingerprint density at radius 2 is 0.926 bits per heavy atom. The molecule has 1 N–H and O–H groups in total. The minimum atomic E-state index is 0.820. The maximum Gasteiger partial charge on any atom is 0.0947 e. The second-order valence-electron chi connectivity index (χ2n) is 14.3. The van der Waals surface area contributed by atoms with E-state index in [0.717, 1.165) is 34.4 Å². The molecule has 0 saturated heterocycles. The fourth-order valence-corrected chi connectivity index (χ4v) is 8.54. The molecule has 0 fully saturated rings. The SMILES string of the molecule is C1=Cc2ccc3ccc(-c4ccc(-c5ccc6c(-c7ccc8ccccc8c7)c7ccccc7c(-c7ccc8ccccc8c7)c6c5)cc4)nc3c2NC1. The van der Waals surface area contributed by atoms with E-state index in [1.807, 2.05) is 0 Å². The molecule has 0 aliphatic carbocycles. The quantitative estimate of drug-likeness (QED) is 0.186. The first-order valence-corrected chi connectivity index (χ1v) is 18.7. The van der Waals surface area contributed by atoms with Gasteiger partial charge in [-0.2, -0.15) is 0 Å². The summed E-state index contributed by atoms with van der Waals surface area (Å²) >= 11 is 0. The molecule has 10 aromatic rings. The van der Waals surface area contributed by atoms with Crippen molar-refractivity contribution in [2.24, 2.45) is 0 Å². The molecule has 0 saturated carbocycles. The lowest BCUT2D eigenvalue weighted by atomic mass is 9.84. The van der Waals surface area contributed by atoms with Crippen LogP contribution in [-0.4, -0.2) is 11.5 Å². The summed E-state index contributed by atoms with van der Waals surface area (Å²) in [5, 5.41) is 14.7. The van der Waals surface area contributed by atoms with E-state index >= 15 is 0 Å². The average molecular weight is 687 g/mol. The number of hydrogen-bond donors (Lipinski definition) is 1. The highest BCUT2D eigenvalue weighted by Gasteiger charge is 2.19. The van der Waals surface area contributed by atoms with Crippen LogP contribution in [0.15, 0.2) is 182 Å². The molecule has 54 heavy (non-hydrogen) atoms. The highest BCUT2D eigenvalue weighted by Crippen LogP contribution is 2.46. The van der Waals surface area contributed by atoms with Crippen LogP contribution in [0.2, 0.25) is 0 Å². The Morgan fingerprint density at radius 1 is 0.389 bits per heavy atom. The molecule has 1 aliphatic rings. The van der Waals surface area contributed by atoms with Gasteiger partial charge in [0.15, 0.2) is 0 Å². The number of hydrogen-bond acceptors (Lipinski definition) is 2. The summed E-state index contributed by atoms with van der Waals surface area (Å²) in [6.07, 6.45) is 4.33. The van der Waals surface area contributed by atoms with Gasteiger partial charge in [-0.25, -0.2) is 4.98 Å². The minimum absolute atomic E-state index is 0.820. The van der Waals surface area contributed by atoms with Crippen LogP contribution in [0.25, 0.3) is 105 Å². The van der Waals surface area contributed by atoms with Gasteiger partial charge in [0.2, 0.25) is 0 Å². The molecule has 2 heterocycles. The molecule has 2 heteroatoms. The molecule has 2 nitrogen and oxygen atoms in total. The second-order valence-corrected chi connectivity index (χ2v) is 14.3. The number of anilines is 1. The number of benzene rings is 9. The van der Waals surface area contributed by atoms with Crippen molar-refractivity contribution >= 4 is 65.8 Å². The number of pyridine rings is 1. The van der Waals surface area contributed by atoms with E-state index < -0.39 is 0 Å². The van der Waals surface area contributed by atoms with Gasteiger partial charge in [-0.15, -0.1) is 0 Å². The summed E-state index contributed by atoms with van der Waals surface area (Å²) in [6.45, 7) is 0.820. The van der Waals surface area contributed by atoms with Crippen LogP contribution in [-0.2, 0) is 0 Å². The average Bonchev–Trinajstić information content (AvgIpc) is 3.25. The van der Waals surface area contributed by atoms with Crippen molar-refractivity contribution in [3.05, 3.63) is 188 Å². The van der Waals surface area contributed by atoms with Crippen molar-refractivity contribution in [2.75, 3.05) is 11.9 Å². The molecule has 0 atom stereocenters. The van der Waals surface area contributed by atoms with Crippen molar-refractivity contribution in [1.82, 2.24) is 4.98 Å². The highest BCUT2D eigenvalue weighted by atomic mass is 14.9. The maximum atomic E-state index is 5.16. The molecule has 9 aromatic carbocycles. The van der Waals surface area contributed by atoms with Crippen LogP contribution >= 0.6 is 0 Å². The molecule has 0 bridgehead atoms. The van der Waals surface area contributed by atoms with Crippen LogP contribution in [0.1, 0.15) is 5.56 Å². The Labute approximate surface area is 313 Å². The Balaban J connectivity index is 1.10. The zero-order chi connectivity index (χ0) is 35.6. The third-order valence-corrected chi connectivity index (χ3v) is 11.2. The molecular formula is C52H34N2. The first kappa shape index (κ1) is 30.6. The Morgan fingerprint density at radius 3 is 1.63 bits per heavy atom. The topological polar surface area (TPSA) is 24.9 Å². The van der Waals surface area contributed by atoms with Gasteiger partial charge in [-0.05, 0) is 106 Å². The third kappa shape index (κ3) is 4.99. The van der Waals surface area contributed by atoms with Crippen molar-refractivity contribution < 1.29 is 0 Å². The number of nitrogens with one attached hydrogen (secondary N) is 1. The smallest absolute Gasteiger partial charge is 0.0947 e. The summed E-state index contributed by atoms with van der Waals surface area (Å²) in [5.74, 6) is 0. The minimum Gasteiger partial charge on any atom is -0.379 e. The fourth-order valence-electron chi connectivity index (χ4n) is 8.54. The van der Waals surface area contributed by atoms with Crippen LogP contribution in [0.5, 0.6) is 0 Å². The molecular weight excluding hydrogens is 653 g/mol. The van der Waals surface area contributed by atoms with Crippen LogP contribution < -0.4 is 5.32 Å². The Hall–Kier alpha value is -7.03. The van der Waals surface area contributed by atoms with Crippen LogP contribution in [0.4, 0.5) is 5.69 Å². The van der Waals surface area contributed by atoms with Gasteiger partial charge in [-0.1, -0.05) is 164 Å². The van der Waals surface area contributed by atoms with E-state index in [1.165, 1.54) is 82.0 Å². The molecule has 1 aliphatic heterocycles. The monoisotopic (exact) mass is 686 g/mol. The molecule has 1 aromatic heterocycles. The van der Waals surface area contributed by atoms with Gasteiger partial charge in [-0.3, -0.25) is 0 Å². The molecule has 0 amide bonds. The van der Waals surface area contributed by atoms with E-state index in [4.69, 9.17) is 4.98 Å². The maximum absolute atomic E-state index is 5.16. The zero-order valence-electron chi connectivity index (χ0n) is 29.6. The standard InChI is InChI=1S/C52H34N2/c1-3-10-39-30-42(23-17-33(39)8-1)49-44-13-5-6-14-45(44)50(43-24-18-34-9-2-4-11-40(34)31-43)47-32-41(25-27-46(47)49)35-15-19-36(20-16-35)48-28-26-38-22-21-37-12-7-29-53-51(37)52(38)54-48/h1-28,30-32,53H,29H2. The summed E-state index contributed by atoms with van der Waals surface area (Å²) in [7, 11) is 0. The van der Waals surface area contributed by atoms with Crippen molar-refractivity contribution in [3.8, 4) is 44.6 Å². The Kier molecular flexibility index (Phi) is 6.96. The van der Waals surface area contributed by atoms with Gasteiger partial charge < -0.3 is 5.32 Å². The number of rotatable bonds is 4. The number of nitrogens with zero attached hydrogens (tertiary/aromatic N) is 1. The predicted molar refractivity (Wildman–Crippen MR) is 231 cm³/mol. The second kappa shape index (κ2) is 12.3. The first-order chi connectivity index (χ1) is 26.7. The summed E-state index contributed by atoms with van der Waals surface area (Å²) in [6, 6.07) is 64.6. The lowest BCUT2D eigenvalue weighted by molar-refractivity contribution is 1.30. The molecule has 0 spiro atoms.